The van der Waals surface area contributed by atoms with Gasteiger partial charge in [-0.1, -0.05) is 54.6 Å². The Morgan fingerprint density at radius 1 is 1.00 bits per heavy atom. The number of benzene rings is 3. The van der Waals surface area contributed by atoms with E-state index in [4.69, 9.17) is 0 Å². The average Bonchev–Trinajstić information content (AvgIpc) is 2.74. The Bertz CT molecular complexity index is 1060. The van der Waals surface area contributed by atoms with E-state index < -0.39 is 17.7 Å². The lowest BCUT2D eigenvalue weighted by molar-refractivity contribution is -0.139. The number of aliphatic carboxylic acids is 1. The molecule has 0 amide bonds. The first-order chi connectivity index (χ1) is 14.8. The predicted molar refractivity (Wildman–Crippen MR) is 114 cm³/mol. The molecule has 3 nitrogen and oxygen atoms in total. The van der Waals surface area contributed by atoms with Crippen molar-refractivity contribution in [2.75, 3.05) is 6.54 Å². The monoisotopic (exact) mass is 427 g/mol. The fourth-order valence-electron chi connectivity index (χ4n) is 4.60. The van der Waals surface area contributed by atoms with Crippen LogP contribution in [0.2, 0.25) is 0 Å². The van der Waals surface area contributed by atoms with Crippen LogP contribution in [-0.4, -0.2) is 22.5 Å². The van der Waals surface area contributed by atoms with Crippen molar-refractivity contribution in [3.63, 3.8) is 0 Å². The van der Waals surface area contributed by atoms with Gasteiger partial charge in [-0.05, 0) is 59.3 Å². The van der Waals surface area contributed by atoms with Crippen LogP contribution >= 0.6 is 0 Å². The molecule has 2 unspecified atom stereocenters. The van der Waals surface area contributed by atoms with Gasteiger partial charge in [0.15, 0.2) is 0 Å². The van der Waals surface area contributed by atoms with E-state index in [0.29, 0.717) is 19.5 Å². The largest absolute Gasteiger partial charge is 0.481 e. The minimum Gasteiger partial charge on any atom is -0.481 e. The molecule has 1 heterocycles. The van der Waals surface area contributed by atoms with Crippen LogP contribution in [0.25, 0.3) is 10.8 Å². The zero-order valence-corrected chi connectivity index (χ0v) is 17.0. The summed E-state index contributed by atoms with van der Waals surface area (Å²) >= 11 is 0. The van der Waals surface area contributed by atoms with Crippen molar-refractivity contribution < 1.29 is 23.1 Å². The number of fused-ring (bicyclic) bond motifs is 1. The summed E-state index contributed by atoms with van der Waals surface area (Å²) in [5.74, 6) is -0.827. The molecule has 1 aliphatic rings. The summed E-state index contributed by atoms with van der Waals surface area (Å²) < 4.78 is 39.0. The second kappa shape index (κ2) is 8.71. The van der Waals surface area contributed by atoms with Crippen molar-refractivity contribution in [2.24, 2.45) is 5.92 Å². The van der Waals surface area contributed by atoms with E-state index in [1.807, 2.05) is 18.2 Å². The smallest absolute Gasteiger partial charge is 0.416 e. The van der Waals surface area contributed by atoms with Crippen LogP contribution in [0.1, 0.15) is 42.0 Å². The molecule has 4 rings (SSSR count). The summed E-state index contributed by atoms with van der Waals surface area (Å²) in [5, 5.41) is 11.5. The van der Waals surface area contributed by atoms with E-state index in [1.54, 1.807) is 0 Å². The van der Waals surface area contributed by atoms with Crippen molar-refractivity contribution in [1.29, 1.82) is 0 Å². The maximum Gasteiger partial charge on any atom is 0.416 e. The van der Waals surface area contributed by atoms with E-state index >= 15 is 0 Å². The maximum atomic E-state index is 13.0. The van der Waals surface area contributed by atoms with Crippen LogP contribution in [0, 0.1) is 5.92 Å². The van der Waals surface area contributed by atoms with Crippen LogP contribution in [-0.2, 0) is 17.5 Å². The lowest BCUT2D eigenvalue weighted by Crippen LogP contribution is -2.37. The Hall–Kier alpha value is -2.86. The zero-order chi connectivity index (χ0) is 22.0. The number of carboxylic acids is 1. The number of carbonyl (C=O) groups is 1. The number of hydrogen-bond acceptors (Lipinski definition) is 2. The van der Waals surface area contributed by atoms with Crippen molar-refractivity contribution >= 4 is 16.7 Å². The van der Waals surface area contributed by atoms with Crippen LogP contribution in [0.4, 0.5) is 13.2 Å². The Kier molecular flexibility index (Phi) is 6.01. The standard InChI is InChI=1S/C25H24F3NO2/c26-25(27,28)21-10-8-19(9-11-21)23-14-17(15-24(30)31)12-13-29(23)16-20-6-3-5-18-4-1-2-7-22(18)20/h1-11,17,23H,12-16H2,(H,30,31). The molecule has 1 aliphatic heterocycles. The number of halogens is 3. The lowest BCUT2D eigenvalue weighted by Gasteiger charge is -2.40. The van der Waals surface area contributed by atoms with Crippen LogP contribution in [0.5, 0.6) is 0 Å². The van der Waals surface area contributed by atoms with E-state index in [2.05, 4.69) is 29.2 Å². The first-order valence-electron chi connectivity index (χ1n) is 10.4. The third kappa shape index (κ3) is 4.90. The molecule has 2 atom stereocenters. The molecule has 6 heteroatoms. The molecule has 0 radical (unpaired) electrons. The maximum absolute atomic E-state index is 13.0. The molecule has 0 aliphatic carbocycles. The van der Waals surface area contributed by atoms with E-state index in [1.165, 1.54) is 12.1 Å². The Morgan fingerprint density at radius 2 is 1.71 bits per heavy atom. The second-order valence-corrected chi connectivity index (χ2v) is 8.23. The van der Waals surface area contributed by atoms with E-state index in [0.717, 1.165) is 40.5 Å². The SMILES string of the molecule is O=C(O)CC1CCN(Cc2cccc3ccccc23)C(c2ccc(C(F)(F)F)cc2)C1. The summed E-state index contributed by atoms with van der Waals surface area (Å²) in [5.41, 5.74) is 1.28. The number of carboxylic acid groups (broad SMARTS) is 1. The van der Waals surface area contributed by atoms with Gasteiger partial charge in [0, 0.05) is 19.0 Å². The van der Waals surface area contributed by atoms with Crippen molar-refractivity contribution in [3.05, 3.63) is 83.4 Å². The van der Waals surface area contributed by atoms with Gasteiger partial charge in [0.1, 0.15) is 0 Å². The first-order valence-corrected chi connectivity index (χ1v) is 10.4. The molecule has 3 aromatic rings. The molecule has 0 saturated carbocycles. The molecular formula is C25H24F3NO2. The van der Waals surface area contributed by atoms with Gasteiger partial charge < -0.3 is 5.11 Å². The number of alkyl halides is 3. The van der Waals surface area contributed by atoms with E-state index in [9.17, 15) is 23.1 Å². The van der Waals surface area contributed by atoms with Crippen molar-refractivity contribution in [1.82, 2.24) is 4.90 Å². The summed E-state index contributed by atoms with van der Waals surface area (Å²) in [6.45, 7) is 1.36. The molecular weight excluding hydrogens is 403 g/mol. The van der Waals surface area contributed by atoms with Gasteiger partial charge in [-0.15, -0.1) is 0 Å². The van der Waals surface area contributed by atoms with Crippen molar-refractivity contribution in [2.45, 2.75) is 38.0 Å². The minimum absolute atomic E-state index is 0.00793. The van der Waals surface area contributed by atoms with Gasteiger partial charge in [-0.3, -0.25) is 9.69 Å². The van der Waals surface area contributed by atoms with Gasteiger partial charge in [0.05, 0.1) is 5.56 Å². The second-order valence-electron chi connectivity index (χ2n) is 8.23. The van der Waals surface area contributed by atoms with Crippen LogP contribution in [0.15, 0.2) is 66.7 Å². The third-order valence-corrected chi connectivity index (χ3v) is 6.16. The molecule has 0 bridgehead atoms. The van der Waals surface area contributed by atoms with Gasteiger partial charge >= 0.3 is 12.1 Å². The molecule has 0 aromatic heterocycles. The van der Waals surface area contributed by atoms with Crippen LogP contribution in [0.3, 0.4) is 0 Å². The molecule has 31 heavy (non-hydrogen) atoms. The Balaban J connectivity index is 1.64. The normalized spacial score (nSPS) is 20.1. The number of nitrogens with zero attached hydrogens (tertiary/aromatic N) is 1. The molecule has 1 fully saturated rings. The quantitative estimate of drug-likeness (QED) is 0.520. The van der Waals surface area contributed by atoms with Crippen molar-refractivity contribution in [3.8, 4) is 0 Å². The van der Waals surface area contributed by atoms with E-state index in [-0.39, 0.29) is 18.4 Å². The highest BCUT2D eigenvalue weighted by Crippen LogP contribution is 2.38. The summed E-state index contributed by atoms with van der Waals surface area (Å²) in [4.78, 5) is 13.5. The highest BCUT2D eigenvalue weighted by molar-refractivity contribution is 5.85. The summed E-state index contributed by atoms with van der Waals surface area (Å²) in [7, 11) is 0. The predicted octanol–water partition coefficient (Wildman–Crippen LogP) is 6.29. The highest BCUT2D eigenvalue weighted by atomic mass is 19.4. The lowest BCUT2D eigenvalue weighted by atomic mass is 9.84. The zero-order valence-electron chi connectivity index (χ0n) is 17.0. The Morgan fingerprint density at radius 3 is 2.42 bits per heavy atom. The van der Waals surface area contributed by atoms with Gasteiger partial charge in [0.25, 0.3) is 0 Å². The number of likely N-dealkylation sites (tertiary alicyclic amines) is 1. The summed E-state index contributed by atoms with van der Waals surface area (Å²) in [6, 6.07) is 19.5. The average molecular weight is 427 g/mol. The number of rotatable bonds is 5. The molecule has 162 valence electrons. The fourth-order valence-corrected chi connectivity index (χ4v) is 4.60. The first kappa shape index (κ1) is 21.4. The summed E-state index contributed by atoms with van der Waals surface area (Å²) in [6.07, 6.45) is -2.92. The fraction of sp³-hybridized carbons (Fsp3) is 0.320. The Labute approximate surface area is 179 Å². The number of hydrogen-bond donors (Lipinski definition) is 1. The van der Waals surface area contributed by atoms with Crippen LogP contribution < -0.4 is 0 Å². The number of piperidine rings is 1. The topological polar surface area (TPSA) is 40.5 Å². The van der Waals surface area contributed by atoms with Gasteiger partial charge in [0.2, 0.25) is 0 Å². The van der Waals surface area contributed by atoms with Gasteiger partial charge in [-0.2, -0.15) is 13.2 Å². The third-order valence-electron chi connectivity index (χ3n) is 6.16. The highest BCUT2D eigenvalue weighted by Gasteiger charge is 2.33. The molecule has 3 aromatic carbocycles. The minimum atomic E-state index is -4.38. The molecule has 1 saturated heterocycles. The van der Waals surface area contributed by atoms with Gasteiger partial charge in [-0.25, -0.2) is 0 Å². The molecule has 1 N–H and O–H groups in total. The molecule has 0 spiro atoms.